The van der Waals surface area contributed by atoms with Crippen LogP contribution in [-0.2, 0) is 11.3 Å². The van der Waals surface area contributed by atoms with Gasteiger partial charge in [0.05, 0.1) is 12.2 Å². The summed E-state index contributed by atoms with van der Waals surface area (Å²) in [4.78, 5) is 19.0. The van der Waals surface area contributed by atoms with Gasteiger partial charge in [0.2, 0.25) is 11.8 Å². The predicted molar refractivity (Wildman–Crippen MR) is 96.9 cm³/mol. The maximum atomic E-state index is 12.1. The van der Waals surface area contributed by atoms with Crippen LogP contribution in [0.2, 0.25) is 0 Å². The molecular weight excluding hydrogens is 316 g/mol. The number of rotatable bonds is 6. The molecular formula is C19H32N4O2. The van der Waals surface area contributed by atoms with Crippen LogP contribution in [0.4, 0.5) is 0 Å². The van der Waals surface area contributed by atoms with Crippen molar-refractivity contribution in [3.63, 3.8) is 0 Å². The van der Waals surface area contributed by atoms with E-state index in [-0.39, 0.29) is 11.9 Å². The highest BCUT2D eigenvalue weighted by atomic mass is 16.4. The first kappa shape index (κ1) is 18.4. The number of amides is 1. The number of nitrogens with zero attached hydrogens (tertiary/aromatic N) is 2. The highest BCUT2D eigenvalue weighted by Gasteiger charge is 2.26. The zero-order valence-electron chi connectivity index (χ0n) is 15.6. The van der Waals surface area contributed by atoms with Gasteiger partial charge in [0.15, 0.2) is 0 Å². The van der Waals surface area contributed by atoms with Crippen LogP contribution in [0.1, 0.15) is 55.9 Å². The molecule has 1 saturated heterocycles. The second-order valence-electron chi connectivity index (χ2n) is 7.83. The van der Waals surface area contributed by atoms with E-state index in [4.69, 9.17) is 10.2 Å². The molecule has 2 aliphatic rings. The van der Waals surface area contributed by atoms with E-state index < -0.39 is 0 Å². The molecule has 3 rings (SSSR count). The molecule has 1 aliphatic heterocycles. The lowest BCUT2D eigenvalue weighted by Crippen LogP contribution is -2.39. The summed E-state index contributed by atoms with van der Waals surface area (Å²) >= 11 is 0. The molecule has 1 aliphatic carbocycles. The first-order valence-corrected chi connectivity index (χ1v) is 9.69. The van der Waals surface area contributed by atoms with Gasteiger partial charge in [0, 0.05) is 19.0 Å². The monoisotopic (exact) mass is 348 g/mol. The van der Waals surface area contributed by atoms with E-state index in [1.165, 1.54) is 6.42 Å². The van der Waals surface area contributed by atoms with Gasteiger partial charge in [0.25, 0.3) is 0 Å². The number of hydrogen-bond acceptors (Lipinski definition) is 5. The Labute approximate surface area is 150 Å². The Kier molecular flexibility index (Phi) is 6.12. The Bertz CT molecular complexity index is 558. The van der Waals surface area contributed by atoms with Crippen LogP contribution in [0.15, 0.2) is 4.42 Å². The van der Waals surface area contributed by atoms with Gasteiger partial charge >= 0.3 is 0 Å². The number of piperidine rings is 1. The molecule has 2 fully saturated rings. The molecule has 1 amide bonds. The van der Waals surface area contributed by atoms with Gasteiger partial charge in [-0.2, -0.15) is 0 Å². The summed E-state index contributed by atoms with van der Waals surface area (Å²) < 4.78 is 5.67. The molecule has 2 heterocycles. The number of aryl methyl sites for hydroxylation is 2. The maximum Gasteiger partial charge on any atom is 0.220 e. The molecule has 6 nitrogen and oxygen atoms in total. The minimum absolute atomic E-state index is 0.176. The van der Waals surface area contributed by atoms with Crippen LogP contribution < -0.4 is 11.1 Å². The molecule has 0 aromatic carbocycles. The van der Waals surface area contributed by atoms with Crippen LogP contribution in [0.5, 0.6) is 0 Å². The minimum atomic E-state index is 0.176. The lowest BCUT2D eigenvalue weighted by Gasteiger charge is -2.31. The molecule has 1 aromatic heterocycles. The van der Waals surface area contributed by atoms with Crippen LogP contribution >= 0.6 is 0 Å². The summed E-state index contributed by atoms with van der Waals surface area (Å²) in [5.74, 6) is 2.86. The highest BCUT2D eigenvalue weighted by Crippen LogP contribution is 2.26. The van der Waals surface area contributed by atoms with Gasteiger partial charge in [-0.1, -0.05) is 6.42 Å². The molecule has 3 N–H and O–H groups in total. The topological polar surface area (TPSA) is 84.4 Å². The van der Waals surface area contributed by atoms with E-state index in [2.05, 4.69) is 15.2 Å². The Hall–Kier alpha value is -1.40. The number of carbonyl (C=O) groups is 1. The van der Waals surface area contributed by atoms with Crippen LogP contribution in [0.3, 0.4) is 0 Å². The first-order chi connectivity index (χ1) is 12.0. The molecule has 0 spiro atoms. The summed E-state index contributed by atoms with van der Waals surface area (Å²) in [6.07, 6.45) is 6.17. The first-order valence-electron chi connectivity index (χ1n) is 9.69. The number of likely N-dealkylation sites (tertiary alicyclic amines) is 1. The van der Waals surface area contributed by atoms with Gasteiger partial charge < -0.3 is 15.5 Å². The predicted octanol–water partition coefficient (Wildman–Crippen LogP) is 2.14. The fourth-order valence-electron chi connectivity index (χ4n) is 4.03. The third kappa shape index (κ3) is 5.05. The van der Waals surface area contributed by atoms with Crippen molar-refractivity contribution in [2.45, 2.75) is 65.0 Å². The number of aromatic nitrogens is 1. The van der Waals surface area contributed by atoms with Crippen molar-refractivity contribution < 1.29 is 9.21 Å². The van der Waals surface area contributed by atoms with E-state index in [1.807, 2.05) is 13.8 Å². The molecule has 1 saturated carbocycles. The minimum Gasteiger partial charge on any atom is -0.444 e. The second kappa shape index (κ2) is 8.32. The lowest BCUT2D eigenvalue weighted by atomic mass is 9.96. The van der Waals surface area contributed by atoms with Crippen molar-refractivity contribution in [3.05, 3.63) is 17.3 Å². The van der Waals surface area contributed by atoms with E-state index in [1.54, 1.807) is 0 Å². The van der Waals surface area contributed by atoms with E-state index in [9.17, 15) is 4.79 Å². The van der Waals surface area contributed by atoms with Crippen molar-refractivity contribution in [2.24, 2.45) is 17.6 Å². The zero-order valence-corrected chi connectivity index (χ0v) is 15.6. The fraction of sp³-hybridized carbons (Fsp3) is 0.789. The summed E-state index contributed by atoms with van der Waals surface area (Å²) in [6.45, 7) is 7.59. The average molecular weight is 348 g/mol. The smallest absolute Gasteiger partial charge is 0.220 e. The van der Waals surface area contributed by atoms with Gasteiger partial charge in [-0.05, 0) is 64.5 Å². The van der Waals surface area contributed by atoms with E-state index in [0.29, 0.717) is 18.3 Å². The van der Waals surface area contributed by atoms with Crippen molar-refractivity contribution in [2.75, 3.05) is 19.6 Å². The molecule has 2 atom stereocenters. The number of nitrogens with two attached hydrogens (primary N) is 1. The standard InChI is InChI=1S/C19H32N4O2/c1-13-14(2)25-19(22-13)12-23-8-6-15(7-9-23)11-21-18(24)10-16-4-3-5-17(16)20/h15-17H,3-12,20H2,1-2H3,(H,21,24)/t16-,17+/m0/s1. The van der Waals surface area contributed by atoms with Crippen molar-refractivity contribution >= 4 is 5.91 Å². The Morgan fingerprint density at radius 1 is 1.28 bits per heavy atom. The molecule has 6 heteroatoms. The average Bonchev–Trinajstić information content (AvgIpc) is 3.12. The lowest BCUT2D eigenvalue weighted by molar-refractivity contribution is -0.122. The van der Waals surface area contributed by atoms with Gasteiger partial charge in [-0.25, -0.2) is 4.98 Å². The van der Waals surface area contributed by atoms with Gasteiger partial charge in [-0.15, -0.1) is 0 Å². The fourth-order valence-corrected chi connectivity index (χ4v) is 4.03. The molecule has 25 heavy (non-hydrogen) atoms. The molecule has 140 valence electrons. The zero-order chi connectivity index (χ0) is 17.8. The van der Waals surface area contributed by atoms with Crippen LogP contribution in [-0.4, -0.2) is 41.5 Å². The van der Waals surface area contributed by atoms with E-state index >= 15 is 0 Å². The molecule has 0 bridgehead atoms. The summed E-state index contributed by atoms with van der Waals surface area (Å²) in [7, 11) is 0. The molecule has 0 radical (unpaired) electrons. The van der Waals surface area contributed by atoms with Crippen LogP contribution in [0, 0.1) is 25.7 Å². The van der Waals surface area contributed by atoms with Crippen molar-refractivity contribution in [1.82, 2.24) is 15.2 Å². The summed E-state index contributed by atoms with van der Waals surface area (Å²) in [5.41, 5.74) is 7.04. The SMILES string of the molecule is Cc1nc(CN2CCC(CNC(=O)C[C@@H]3CCC[C@H]3N)CC2)oc1C. The second-order valence-corrected chi connectivity index (χ2v) is 7.83. The van der Waals surface area contributed by atoms with E-state index in [0.717, 1.165) is 69.2 Å². The third-order valence-corrected chi connectivity index (χ3v) is 5.89. The van der Waals surface area contributed by atoms with Crippen molar-refractivity contribution in [3.8, 4) is 0 Å². The van der Waals surface area contributed by atoms with Crippen molar-refractivity contribution in [1.29, 1.82) is 0 Å². The summed E-state index contributed by atoms with van der Waals surface area (Å²) in [5, 5.41) is 3.13. The maximum absolute atomic E-state index is 12.1. The number of carbonyl (C=O) groups excluding carboxylic acids is 1. The quantitative estimate of drug-likeness (QED) is 0.823. The Morgan fingerprint density at radius 3 is 2.64 bits per heavy atom. The highest BCUT2D eigenvalue weighted by molar-refractivity contribution is 5.76. The largest absolute Gasteiger partial charge is 0.444 e. The van der Waals surface area contributed by atoms with Crippen LogP contribution in [0.25, 0.3) is 0 Å². The third-order valence-electron chi connectivity index (χ3n) is 5.89. The molecule has 1 aromatic rings. The molecule has 0 unspecified atom stereocenters. The normalized spacial score (nSPS) is 25.4. The van der Waals surface area contributed by atoms with Gasteiger partial charge in [-0.3, -0.25) is 9.69 Å². The number of oxazole rings is 1. The number of hydrogen-bond donors (Lipinski definition) is 2. The van der Waals surface area contributed by atoms with Gasteiger partial charge in [0.1, 0.15) is 5.76 Å². The Morgan fingerprint density at radius 2 is 2.04 bits per heavy atom. The Balaban J connectivity index is 1.34. The summed E-state index contributed by atoms with van der Waals surface area (Å²) in [6, 6.07) is 0.219. The number of nitrogens with one attached hydrogen (secondary N) is 1.